The predicted octanol–water partition coefficient (Wildman–Crippen LogP) is 3.48. The molecule has 1 aliphatic rings. The van der Waals surface area contributed by atoms with Gasteiger partial charge in [-0.15, -0.1) is 0 Å². The highest BCUT2D eigenvalue weighted by Gasteiger charge is 2.28. The van der Waals surface area contributed by atoms with Crippen molar-refractivity contribution >= 4 is 35.0 Å². The summed E-state index contributed by atoms with van der Waals surface area (Å²) < 4.78 is 18.7. The molecule has 1 fully saturated rings. The average Bonchev–Trinajstić information content (AvgIpc) is 2.82. The number of halogens is 2. The minimum absolute atomic E-state index is 0.0471. The molecule has 2 aromatic carbocycles. The van der Waals surface area contributed by atoms with Gasteiger partial charge in [0.25, 0.3) is 5.91 Å². The van der Waals surface area contributed by atoms with E-state index in [1.54, 1.807) is 24.0 Å². The number of likely N-dealkylation sites (tertiary alicyclic amines) is 1. The number of ketones is 1. The topological polar surface area (TPSA) is 108 Å². The van der Waals surface area contributed by atoms with Crippen LogP contribution in [0.2, 0.25) is 5.02 Å². The van der Waals surface area contributed by atoms with Crippen molar-refractivity contribution in [3.8, 4) is 5.75 Å². The number of aliphatic hydroxyl groups excluding tert-OH is 1. The lowest BCUT2D eigenvalue weighted by Gasteiger charge is -2.31. The maximum Gasteiger partial charge on any atom is 0.319 e. The molecule has 0 bridgehead atoms. The van der Waals surface area contributed by atoms with Gasteiger partial charge >= 0.3 is 6.03 Å². The van der Waals surface area contributed by atoms with Crippen molar-refractivity contribution in [1.82, 2.24) is 10.2 Å². The third kappa shape index (κ3) is 7.16. The summed E-state index contributed by atoms with van der Waals surface area (Å²) in [5.74, 6) is -0.633. The normalized spacial score (nSPS) is 14.9. The second kappa shape index (κ2) is 11.8. The van der Waals surface area contributed by atoms with E-state index in [0.29, 0.717) is 36.5 Å². The van der Waals surface area contributed by atoms with Gasteiger partial charge in [-0.1, -0.05) is 11.6 Å². The van der Waals surface area contributed by atoms with Crippen LogP contribution in [0.1, 0.15) is 30.1 Å². The number of carbonyl (C=O) groups is 3. The Bertz CT molecular complexity index is 1020. The Morgan fingerprint density at radius 3 is 2.50 bits per heavy atom. The molecule has 3 amide bonds. The summed E-state index contributed by atoms with van der Waals surface area (Å²) in [7, 11) is 0. The first-order chi connectivity index (χ1) is 16.2. The van der Waals surface area contributed by atoms with Crippen LogP contribution in [-0.4, -0.2) is 60.1 Å². The Hall–Kier alpha value is -3.17. The number of benzene rings is 2. The molecule has 1 saturated heterocycles. The molecule has 0 saturated carbocycles. The van der Waals surface area contributed by atoms with Crippen LogP contribution in [0.5, 0.6) is 5.75 Å². The van der Waals surface area contributed by atoms with Gasteiger partial charge in [0.1, 0.15) is 11.6 Å². The smallest absolute Gasteiger partial charge is 0.319 e. The first-order valence-corrected chi connectivity index (χ1v) is 11.3. The number of nitrogens with zero attached hydrogens (tertiary/aromatic N) is 1. The number of ether oxygens (including phenoxy) is 1. The molecule has 8 nitrogen and oxygen atoms in total. The fourth-order valence-corrected chi connectivity index (χ4v) is 3.78. The van der Waals surface area contributed by atoms with Crippen molar-refractivity contribution < 1.29 is 28.6 Å². The van der Waals surface area contributed by atoms with E-state index in [9.17, 15) is 23.9 Å². The number of nitrogens with one attached hydrogen (secondary N) is 2. The molecule has 10 heteroatoms. The van der Waals surface area contributed by atoms with Crippen molar-refractivity contribution in [2.24, 2.45) is 5.92 Å². The molecule has 1 heterocycles. The molecule has 0 radical (unpaired) electrons. The minimum Gasteiger partial charge on any atom is -0.482 e. The maximum absolute atomic E-state index is 13.1. The Morgan fingerprint density at radius 1 is 1.18 bits per heavy atom. The van der Waals surface area contributed by atoms with Crippen LogP contribution in [0, 0.1) is 11.7 Å². The molecule has 2 aromatic rings. The maximum atomic E-state index is 13.1. The third-order valence-electron chi connectivity index (χ3n) is 5.45. The van der Waals surface area contributed by atoms with Gasteiger partial charge in [-0.25, -0.2) is 9.18 Å². The molecule has 1 atom stereocenters. The molecule has 0 aromatic heterocycles. The number of rotatable bonds is 8. The van der Waals surface area contributed by atoms with Gasteiger partial charge in [0.05, 0.1) is 11.8 Å². The molecular formula is C24H27ClFN3O5. The molecule has 0 aliphatic carbocycles. The van der Waals surface area contributed by atoms with E-state index in [4.69, 9.17) is 16.3 Å². The van der Waals surface area contributed by atoms with Gasteiger partial charge in [-0.3, -0.25) is 9.59 Å². The number of amides is 3. The van der Waals surface area contributed by atoms with Gasteiger partial charge in [0.2, 0.25) is 0 Å². The molecule has 0 spiro atoms. The monoisotopic (exact) mass is 491 g/mol. The molecular weight excluding hydrogens is 465 g/mol. The highest BCUT2D eigenvalue weighted by Crippen LogP contribution is 2.28. The summed E-state index contributed by atoms with van der Waals surface area (Å²) in [4.78, 5) is 38.9. The molecule has 182 valence electrons. The standard InChI is InChI=1S/C24H27ClFN3O5/c1-15(30)13-27-24(33)28-20-12-18(25)4-7-21(20)34-14-22(31)29-10-8-17(9-11-29)23(32)16-2-5-19(26)6-3-16/h2-7,12,15,17,30H,8-11,13-14H2,1H3,(H2,27,28,33)/t15-/m0/s1. The second-order valence-corrected chi connectivity index (χ2v) is 8.58. The van der Waals surface area contributed by atoms with Crippen LogP contribution in [0.15, 0.2) is 42.5 Å². The minimum atomic E-state index is -0.700. The van der Waals surface area contributed by atoms with E-state index in [1.165, 1.54) is 30.3 Å². The van der Waals surface area contributed by atoms with E-state index < -0.39 is 18.0 Å². The van der Waals surface area contributed by atoms with E-state index in [1.807, 2.05) is 0 Å². The van der Waals surface area contributed by atoms with Gasteiger partial charge in [-0.2, -0.15) is 0 Å². The van der Waals surface area contributed by atoms with Crippen molar-refractivity contribution in [2.45, 2.75) is 25.9 Å². The number of urea groups is 1. The molecule has 0 unspecified atom stereocenters. The van der Waals surface area contributed by atoms with E-state index >= 15 is 0 Å². The number of anilines is 1. The van der Waals surface area contributed by atoms with Gasteiger partial charge in [0, 0.05) is 36.1 Å². The number of hydrogen-bond acceptors (Lipinski definition) is 5. The highest BCUT2D eigenvalue weighted by molar-refractivity contribution is 6.31. The SMILES string of the molecule is C[C@H](O)CNC(=O)Nc1cc(Cl)ccc1OCC(=O)N1CCC(C(=O)c2ccc(F)cc2)CC1. The predicted molar refractivity (Wildman–Crippen MR) is 126 cm³/mol. The molecule has 1 aliphatic heterocycles. The number of Topliss-reactive ketones (excluding diaryl/α,β-unsaturated/α-hetero) is 1. The van der Waals surface area contributed by atoms with Crippen LogP contribution in [0.3, 0.4) is 0 Å². The van der Waals surface area contributed by atoms with Crippen LogP contribution in [0.4, 0.5) is 14.9 Å². The lowest BCUT2D eigenvalue weighted by molar-refractivity contribution is -0.134. The zero-order valence-electron chi connectivity index (χ0n) is 18.7. The summed E-state index contributed by atoms with van der Waals surface area (Å²) >= 11 is 6.01. The second-order valence-electron chi connectivity index (χ2n) is 8.14. The number of piperidine rings is 1. The largest absolute Gasteiger partial charge is 0.482 e. The molecule has 3 N–H and O–H groups in total. The summed E-state index contributed by atoms with van der Waals surface area (Å²) in [5.41, 5.74) is 0.752. The zero-order chi connectivity index (χ0) is 24.7. The first-order valence-electron chi connectivity index (χ1n) is 11.0. The number of aliphatic hydroxyl groups is 1. The molecule has 34 heavy (non-hydrogen) atoms. The van der Waals surface area contributed by atoms with E-state index in [-0.39, 0.29) is 42.2 Å². The highest BCUT2D eigenvalue weighted by atomic mass is 35.5. The third-order valence-corrected chi connectivity index (χ3v) is 5.68. The summed E-state index contributed by atoms with van der Waals surface area (Å²) in [6.45, 7) is 2.19. The Morgan fingerprint density at radius 2 is 1.85 bits per heavy atom. The van der Waals surface area contributed by atoms with Crippen LogP contribution < -0.4 is 15.4 Å². The summed E-state index contributed by atoms with van der Waals surface area (Å²) in [5, 5.41) is 14.8. The Balaban J connectivity index is 1.52. The summed E-state index contributed by atoms with van der Waals surface area (Å²) in [6, 6.07) is 9.56. The fraction of sp³-hybridized carbons (Fsp3) is 0.375. The van der Waals surface area contributed by atoms with Crippen molar-refractivity contribution in [2.75, 3.05) is 31.6 Å². The fourth-order valence-electron chi connectivity index (χ4n) is 3.60. The van der Waals surface area contributed by atoms with E-state index in [2.05, 4.69) is 10.6 Å². The van der Waals surface area contributed by atoms with Gasteiger partial charge in [0.15, 0.2) is 12.4 Å². The average molecular weight is 492 g/mol. The van der Waals surface area contributed by atoms with Gasteiger partial charge in [-0.05, 0) is 62.2 Å². The molecule has 3 rings (SSSR count). The zero-order valence-corrected chi connectivity index (χ0v) is 19.5. The lowest BCUT2D eigenvalue weighted by atomic mass is 9.89. The van der Waals surface area contributed by atoms with Crippen LogP contribution in [0.25, 0.3) is 0 Å². The van der Waals surface area contributed by atoms with Crippen LogP contribution >= 0.6 is 11.6 Å². The Labute approximate surface area is 202 Å². The Kier molecular flexibility index (Phi) is 8.84. The van der Waals surface area contributed by atoms with Crippen molar-refractivity contribution in [3.05, 3.63) is 58.9 Å². The van der Waals surface area contributed by atoms with Gasteiger partial charge < -0.3 is 25.4 Å². The number of hydrogen-bond donors (Lipinski definition) is 3. The van der Waals surface area contributed by atoms with Crippen molar-refractivity contribution in [1.29, 1.82) is 0 Å². The van der Waals surface area contributed by atoms with Crippen LogP contribution in [-0.2, 0) is 4.79 Å². The summed E-state index contributed by atoms with van der Waals surface area (Å²) in [6.07, 6.45) is 0.326. The first kappa shape index (κ1) is 25.5. The quantitative estimate of drug-likeness (QED) is 0.490. The van der Waals surface area contributed by atoms with E-state index in [0.717, 1.165) is 0 Å². The lowest BCUT2D eigenvalue weighted by Crippen LogP contribution is -2.42. The van der Waals surface area contributed by atoms with Crippen molar-refractivity contribution in [3.63, 3.8) is 0 Å². The number of carbonyl (C=O) groups excluding carboxylic acids is 3.